The summed E-state index contributed by atoms with van der Waals surface area (Å²) in [6, 6.07) is 39.7. The van der Waals surface area contributed by atoms with Crippen LogP contribution in [0.2, 0.25) is 0 Å². The van der Waals surface area contributed by atoms with Gasteiger partial charge in [-0.3, -0.25) is 4.98 Å². The Morgan fingerprint density at radius 1 is 0.474 bits per heavy atom. The van der Waals surface area contributed by atoms with Crippen molar-refractivity contribution in [2.45, 2.75) is 6.92 Å². The first-order chi connectivity index (χ1) is 18.7. The highest BCUT2D eigenvalue weighted by Gasteiger charge is 2.13. The fourth-order valence-corrected chi connectivity index (χ4v) is 6.81. The van der Waals surface area contributed by atoms with Crippen LogP contribution in [0.15, 0.2) is 115 Å². The van der Waals surface area contributed by atoms with Crippen LogP contribution in [0.4, 0.5) is 0 Å². The minimum atomic E-state index is 0.934. The van der Waals surface area contributed by atoms with Crippen LogP contribution in [-0.4, -0.2) is 9.97 Å². The molecule has 0 aliphatic carbocycles. The maximum absolute atomic E-state index is 4.85. The number of fused-ring (bicyclic) bond motifs is 9. The molecule has 38 heavy (non-hydrogen) atoms. The van der Waals surface area contributed by atoms with Crippen molar-refractivity contribution < 1.29 is 0 Å². The van der Waals surface area contributed by atoms with Crippen molar-refractivity contribution >= 4 is 64.1 Å². The van der Waals surface area contributed by atoms with E-state index in [2.05, 4.69) is 109 Å². The van der Waals surface area contributed by atoms with E-state index in [0.717, 1.165) is 27.5 Å². The molecule has 178 valence electrons. The molecule has 0 bridgehead atoms. The number of hydrogen-bond donors (Lipinski definition) is 0. The molecule has 0 saturated heterocycles. The van der Waals surface area contributed by atoms with Gasteiger partial charge in [-0.05, 0) is 70.3 Å². The Labute approximate surface area is 223 Å². The highest BCUT2D eigenvalue weighted by molar-refractivity contribution is 7.25. The van der Waals surface area contributed by atoms with Gasteiger partial charge >= 0.3 is 0 Å². The van der Waals surface area contributed by atoms with Crippen LogP contribution in [0.5, 0.6) is 0 Å². The van der Waals surface area contributed by atoms with E-state index >= 15 is 0 Å². The molecule has 2 heterocycles. The molecule has 0 aliphatic heterocycles. The van der Waals surface area contributed by atoms with Gasteiger partial charge in [0.05, 0.1) is 16.7 Å². The van der Waals surface area contributed by atoms with Crippen LogP contribution < -0.4 is 0 Å². The molecule has 0 N–H and O–H groups in total. The largest absolute Gasteiger partial charge is 0.252 e. The zero-order valence-electron chi connectivity index (χ0n) is 20.8. The van der Waals surface area contributed by atoms with Gasteiger partial charge in [-0.25, -0.2) is 4.98 Å². The first kappa shape index (κ1) is 21.5. The molecule has 0 radical (unpaired) electrons. The Morgan fingerprint density at radius 3 is 1.95 bits per heavy atom. The summed E-state index contributed by atoms with van der Waals surface area (Å²) < 4.78 is 2.67. The number of benzene rings is 6. The van der Waals surface area contributed by atoms with Crippen molar-refractivity contribution in [2.75, 3.05) is 0 Å². The number of thiophene rings is 1. The number of rotatable bonds is 2. The zero-order valence-corrected chi connectivity index (χ0v) is 21.6. The van der Waals surface area contributed by atoms with Crippen molar-refractivity contribution in [3.63, 3.8) is 0 Å². The van der Waals surface area contributed by atoms with E-state index < -0.39 is 0 Å². The summed E-state index contributed by atoms with van der Waals surface area (Å²) >= 11 is 1.86. The lowest BCUT2D eigenvalue weighted by Gasteiger charge is -2.12. The highest BCUT2D eigenvalue weighted by Crippen LogP contribution is 2.38. The van der Waals surface area contributed by atoms with Crippen molar-refractivity contribution in [3.8, 4) is 22.3 Å². The predicted molar refractivity (Wildman–Crippen MR) is 163 cm³/mol. The molecule has 0 amide bonds. The minimum absolute atomic E-state index is 0.934. The SMILES string of the molecule is Cc1cnc2c3ccc(-c4cccc(-c5ccc6sc7ccccc7c6c5)c4)cc3c3ccccc3c2n1. The van der Waals surface area contributed by atoms with Gasteiger partial charge < -0.3 is 0 Å². The lowest BCUT2D eigenvalue weighted by Crippen LogP contribution is -1.91. The first-order valence-electron chi connectivity index (χ1n) is 12.8. The van der Waals surface area contributed by atoms with Gasteiger partial charge in [0.2, 0.25) is 0 Å². The summed E-state index contributed by atoms with van der Waals surface area (Å²) in [7, 11) is 0. The zero-order chi connectivity index (χ0) is 25.2. The fraction of sp³-hybridized carbons (Fsp3) is 0.0286. The maximum atomic E-state index is 4.85. The van der Waals surface area contributed by atoms with Gasteiger partial charge in [0.25, 0.3) is 0 Å². The topological polar surface area (TPSA) is 25.8 Å². The second-order valence-electron chi connectivity index (χ2n) is 9.90. The third-order valence-electron chi connectivity index (χ3n) is 7.55. The Balaban J connectivity index is 1.31. The van der Waals surface area contributed by atoms with E-state index in [0.29, 0.717) is 0 Å². The summed E-state index contributed by atoms with van der Waals surface area (Å²) in [5, 5.41) is 7.36. The third kappa shape index (κ3) is 3.26. The molecule has 8 aromatic rings. The molecule has 6 aromatic carbocycles. The summed E-state index contributed by atoms with van der Waals surface area (Å²) in [4.78, 5) is 9.65. The lowest BCUT2D eigenvalue weighted by atomic mass is 9.94. The van der Waals surface area contributed by atoms with Crippen LogP contribution in [0.1, 0.15) is 5.69 Å². The van der Waals surface area contributed by atoms with Gasteiger partial charge in [0.15, 0.2) is 0 Å². The summed E-state index contributed by atoms with van der Waals surface area (Å²) in [5.74, 6) is 0. The van der Waals surface area contributed by atoms with Crippen molar-refractivity contribution in [1.29, 1.82) is 0 Å². The van der Waals surface area contributed by atoms with Gasteiger partial charge in [0.1, 0.15) is 0 Å². The molecule has 0 fully saturated rings. The minimum Gasteiger partial charge on any atom is -0.252 e. The molecule has 0 aliphatic rings. The van der Waals surface area contributed by atoms with Gasteiger partial charge in [0, 0.05) is 37.1 Å². The average molecular weight is 503 g/mol. The second-order valence-corrected chi connectivity index (χ2v) is 11.0. The molecule has 0 atom stereocenters. The van der Waals surface area contributed by atoms with Gasteiger partial charge in [-0.1, -0.05) is 78.9 Å². The van der Waals surface area contributed by atoms with Crippen LogP contribution in [0.25, 0.3) is 75.0 Å². The normalized spacial score (nSPS) is 11.8. The van der Waals surface area contributed by atoms with E-state index in [9.17, 15) is 0 Å². The Hall–Kier alpha value is -4.60. The summed E-state index contributed by atoms with van der Waals surface area (Å²) in [5.41, 5.74) is 7.74. The Bertz CT molecular complexity index is 2190. The molecule has 0 unspecified atom stereocenters. The molecule has 8 rings (SSSR count). The molecule has 3 heteroatoms. The predicted octanol–water partition coefficient (Wildman–Crippen LogP) is 9.95. The molecule has 2 aromatic heterocycles. The van der Waals surface area contributed by atoms with E-state index in [1.165, 1.54) is 53.2 Å². The van der Waals surface area contributed by atoms with Crippen LogP contribution >= 0.6 is 11.3 Å². The monoisotopic (exact) mass is 502 g/mol. The van der Waals surface area contributed by atoms with E-state index in [4.69, 9.17) is 9.97 Å². The number of aromatic nitrogens is 2. The molecule has 2 nitrogen and oxygen atoms in total. The van der Waals surface area contributed by atoms with Crippen molar-refractivity contribution in [2.24, 2.45) is 0 Å². The fourth-order valence-electron chi connectivity index (χ4n) is 5.72. The number of hydrogen-bond acceptors (Lipinski definition) is 3. The Kier molecular flexibility index (Phi) is 4.64. The number of nitrogens with zero attached hydrogens (tertiary/aromatic N) is 2. The summed E-state index contributed by atoms with van der Waals surface area (Å²) in [6.45, 7) is 2.00. The first-order valence-corrected chi connectivity index (χ1v) is 13.6. The van der Waals surface area contributed by atoms with Crippen LogP contribution in [0.3, 0.4) is 0 Å². The third-order valence-corrected chi connectivity index (χ3v) is 8.70. The standard InChI is InChI=1S/C35H22N2S/c1-21-20-36-34-29-15-13-24(18-30(29)26-9-2-3-11-28(26)35(34)37-21)22-7-6-8-23(17-22)25-14-16-33-31(19-25)27-10-4-5-12-32(27)38-33/h2-20H,1H3. The second kappa shape index (κ2) is 8.20. The molecule has 0 saturated carbocycles. The molecular weight excluding hydrogens is 480 g/mol. The smallest absolute Gasteiger partial charge is 0.0974 e. The number of aryl methyl sites for hydroxylation is 1. The molecule has 0 spiro atoms. The molecular formula is C35H22N2S. The Morgan fingerprint density at radius 2 is 1.11 bits per heavy atom. The highest BCUT2D eigenvalue weighted by atomic mass is 32.1. The van der Waals surface area contributed by atoms with Crippen LogP contribution in [0, 0.1) is 6.92 Å². The van der Waals surface area contributed by atoms with Gasteiger partial charge in [-0.2, -0.15) is 0 Å². The van der Waals surface area contributed by atoms with Crippen molar-refractivity contribution in [3.05, 3.63) is 121 Å². The van der Waals surface area contributed by atoms with Gasteiger partial charge in [-0.15, -0.1) is 11.3 Å². The van der Waals surface area contributed by atoms with Crippen molar-refractivity contribution in [1.82, 2.24) is 9.97 Å². The lowest BCUT2D eigenvalue weighted by molar-refractivity contribution is 1.19. The van der Waals surface area contributed by atoms with Crippen LogP contribution in [-0.2, 0) is 0 Å². The summed E-state index contributed by atoms with van der Waals surface area (Å²) in [6.07, 6.45) is 1.86. The van der Waals surface area contributed by atoms with E-state index in [1.807, 2.05) is 24.5 Å². The maximum Gasteiger partial charge on any atom is 0.0974 e. The average Bonchev–Trinajstić information content (AvgIpc) is 3.35. The van der Waals surface area contributed by atoms with E-state index in [1.54, 1.807) is 0 Å². The quantitative estimate of drug-likeness (QED) is 0.220. The van der Waals surface area contributed by atoms with E-state index in [-0.39, 0.29) is 0 Å².